The number of carbonyl (C=O) groups excluding carboxylic acids is 2. The van der Waals surface area contributed by atoms with E-state index in [4.69, 9.17) is 68.5 Å². The molecule has 154 valence electrons. The van der Waals surface area contributed by atoms with Crippen molar-refractivity contribution >= 4 is 75.6 Å². The van der Waals surface area contributed by atoms with Crippen molar-refractivity contribution in [1.82, 2.24) is 4.98 Å². The van der Waals surface area contributed by atoms with E-state index >= 15 is 0 Å². The molecule has 1 heterocycles. The van der Waals surface area contributed by atoms with E-state index in [2.05, 4.69) is 4.98 Å². The average molecular weight is 506 g/mol. The molecular formula is C19H10Cl5N3O3. The lowest BCUT2D eigenvalue weighted by atomic mass is 10.2. The summed E-state index contributed by atoms with van der Waals surface area (Å²) in [6, 6.07) is 9.14. The second kappa shape index (κ2) is 9.29. The highest BCUT2D eigenvalue weighted by molar-refractivity contribution is 6.39. The number of primary amides is 1. The Bertz CT molecular complexity index is 1130. The minimum Gasteiger partial charge on any atom is -0.434 e. The number of nitrogens with two attached hydrogens (primary N) is 1. The maximum Gasteiger partial charge on any atom is 0.326 e. The van der Waals surface area contributed by atoms with Crippen LogP contribution in [-0.4, -0.2) is 16.9 Å². The molecule has 6 nitrogen and oxygen atoms in total. The summed E-state index contributed by atoms with van der Waals surface area (Å²) in [5.41, 5.74) is 5.51. The third-order valence-corrected chi connectivity index (χ3v) is 5.11. The summed E-state index contributed by atoms with van der Waals surface area (Å²) < 4.78 is 5.58. The number of benzene rings is 2. The fourth-order valence-corrected chi connectivity index (χ4v) is 3.63. The number of nitrogens with zero attached hydrogens (tertiary/aromatic N) is 2. The molecule has 0 spiro atoms. The number of pyridine rings is 1. The number of amides is 3. The molecule has 0 bridgehead atoms. The molecule has 0 saturated heterocycles. The van der Waals surface area contributed by atoms with Gasteiger partial charge < -0.3 is 10.5 Å². The largest absolute Gasteiger partial charge is 0.434 e. The number of carbonyl (C=O) groups is 2. The minimum absolute atomic E-state index is 0.00780. The molecule has 1 aromatic heterocycles. The zero-order chi connectivity index (χ0) is 22.0. The number of urea groups is 1. The van der Waals surface area contributed by atoms with E-state index < -0.39 is 11.9 Å². The Hall–Kier alpha value is -2.22. The summed E-state index contributed by atoms with van der Waals surface area (Å²) in [5, 5.41) is 0.544. The van der Waals surface area contributed by atoms with Gasteiger partial charge in [-0.15, -0.1) is 0 Å². The zero-order valence-electron chi connectivity index (χ0n) is 14.7. The van der Waals surface area contributed by atoms with Crippen LogP contribution in [0.4, 0.5) is 10.5 Å². The average Bonchev–Trinajstić information content (AvgIpc) is 2.66. The Morgan fingerprint density at radius 2 is 1.53 bits per heavy atom. The van der Waals surface area contributed by atoms with Crippen LogP contribution < -0.4 is 15.4 Å². The predicted octanol–water partition coefficient (Wildman–Crippen LogP) is 6.87. The number of ether oxygens (including phenoxy) is 1. The van der Waals surface area contributed by atoms with Crippen LogP contribution in [-0.2, 0) is 0 Å². The second-order valence-electron chi connectivity index (χ2n) is 5.74. The van der Waals surface area contributed by atoms with Gasteiger partial charge in [-0.3, -0.25) is 4.79 Å². The predicted molar refractivity (Wildman–Crippen MR) is 119 cm³/mol. The van der Waals surface area contributed by atoms with Crippen molar-refractivity contribution in [2.75, 3.05) is 4.90 Å². The molecule has 3 rings (SSSR count). The Morgan fingerprint density at radius 3 is 2.10 bits per heavy atom. The van der Waals surface area contributed by atoms with E-state index in [-0.39, 0.29) is 43.0 Å². The van der Waals surface area contributed by atoms with Crippen LogP contribution in [0.2, 0.25) is 25.1 Å². The monoisotopic (exact) mass is 503 g/mol. The minimum atomic E-state index is -1.05. The molecule has 2 aromatic carbocycles. The molecule has 0 unspecified atom stereocenters. The number of anilines is 1. The maximum atomic E-state index is 12.9. The van der Waals surface area contributed by atoms with E-state index in [1.807, 2.05) is 0 Å². The number of rotatable bonds is 4. The Labute approximate surface area is 196 Å². The van der Waals surface area contributed by atoms with Crippen LogP contribution >= 0.6 is 58.0 Å². The highest BCUT2D eigenvalue weighted by Crippen LogP contribution is 2.41. The van der Waals surface area contributed by atoms with Crippen molar-refractivity contribution in [2.45, 2.75) is 0 Å². The van der Waals surface area contributed by atoms with Gasteiger partial charge in [0.25, 0.3) is 5.91 Å². The molecule has 0 fully saturated rings. The first-order valence-corrected chi connectivity index (χ1v) is 9.94. The van der Waals surface area contributed by atoms with Crippen LogP contribution in [0.1, 0.15) is 10.4 Å². The van der Waals surface area contributed by atoms with Crippen LogP contribution in [0, 0.1) is 0 Å². The van der Waals surface area contributed by atoms with Gasteiger partial charge in [-0.05, 0) is 30.3 Å². The fourth-order valence-electron chi connectivity index (χ4n) is 2.45. The van der Waals surface area contributed by atoms with E-state index in [1.165, 1.54) is 36.5 Å². The van der Waals surface area contributed by atoms with E-state index in [1.54, 1.807) is 12.1 Å². The molecule has 3 amide bonds. The topological polar surface area (TPSA) is 85.5 Å². The normalized spacial score (nSPS) is 10.6. The fraction of sp³-hybridized carbons (Fsp3) is 0. The second-order valence-corrected chi connectivity index (χ2v) is 7.80. The molecule has 2 N–H and O–H groups in total. The van der Waals surface area contributed by atoms with Crippen molar-refractivity contribution in [3.05, 3.63) is 79.3 Å². The first-order chi connectivity index (χ1) is 14.2. The molecule has 30 heavy (non-hydrogen) atoms. The third-order valence-electron chi connectivity index (χ3n) is 3.74. The van der Waals surface area contributed by atoms with Gasteiger partial charge in [0, 0.05) is 6.20 Å². The SMILES string of the molecule is NC(=O)N(C(=O)c1ccccc1Cl)c1cc(Cl)c(Oc2ncc(Cl)cc2Cl)c(Cl)c1. The number of imide groups is 1. The zero-order valence-corrected chi connectivity index (χ0v) is 18.5. The molecule has 0 saturated carbocycles. The first kappa shape index (κ1) is 22.5. The number of hydrogen-bond acceptors (Lipinski definition) is 4. The summed E-state index contributed by atoms with van der Waals surface area (Å²) >= 11 is 30.5. The summed E-state index contributed by atoms with van der Waals surface area (Å²) in [6.45, 7) is 0. The number of hydrogen-bond donors (Lipinski definition) is 1. The van der Waals surface area contributed by atoms with Crippen molar-refractivity contribution < 1.29 is 14.3 Å². The molecular weight excluding hydrogens is 495 g/mol. The Morgan fingerprint density at radius 1 is 0.900 bits per heavy atom. The number of aromatic nitrogens is 1. The van der Waals surface area contributed by atoms with E-state index in [0.29, 0.717) is 9.92 Å². The lowest BCUT2D eigenvalue weighted by molar-refractivity contribution is 0.0995. The Kier molecular flexibility index (Phi) is 6.95. The van der Waals surface area contributed by atoms with Gasteiger partial charge in [-0.1, -0.05) is 70.1 Å². The number of halogens is 5. The van der Waals surface area contributed by atoms with Crippen LogP contribution in [0.25, 0.3) is 0 Å². The lowest BCUT2D eigenvalue weighted by Crippen LogP contribution is -2.41. The maximum absolute atomic E-state index is 12.9. The highest BCUT2D eigenvalue weighted by Gasteiger charge is 2.26. The Balaban J connectivity index is 2.00. The molecule has 0 atom stereocenters. The van der Waals surface area contributed by atoms with Crippen LogP contribution in [0.5, 0.6) is 11.6 Å². The summed E-state index contributed by atoms with van der Waals surface area (Å²) in [6.07, 6.45) is 1.33. The molecule has 0 aliphatic rings. The highest BCUT2D eigenvalue weighted by atomic mass is 35.5. The van der Waals surface area contributed by atoms with Gasteiger partial charge in [-0.25, -0.2) is 14.7 Å². The van der Waals surface area contributed by atoms with Gasteiger partial charge in [0.1, 0.15) is 5.02 Å². The standard InChI is InChI=1S/C19H10Cl5N3O3/c20-9-5-15(24)17(26-8-9)30-16-13(22)6-10(7-14(16)23)27(19(25)29)18(28)11-3-1-2-4-12(11)21/h1-8H,(H2,25,29). The molecule has 0 radical (unpaired) electrons. The van der Waals surface area contributed by atoms with E-state index in [9.17, 15) is 9.59 Å². The van der Waals surface area contributed by atoms with Gasteiger partial charge in [0.15, 0.2) is 5.75 Å². The lowest BCUT2D eigenvalue weighted by Gasteiger charge is -2.21. The van der Waals surface area contributed by atoms with Crippen LogP contribution in [0.15, 0.2) is 48.7 Å². The summed E-state index contributed by atoms with van der Waals surface area (Å²) in [5.74, 6) is -0.735. The summed E-state index contributed by atoms with van der Waals surface area (Å²) in [4.78, 5) is 29.5. The van der Waals surface area contributed by atoms with E-state index in [0.717, 1.165) is 0 Å². The van der Waals surface area contributed by atoms with Crippen molar-refractivity contribution in [1.29, 1.82) is 0 Å². The van der Waals surface area contributed by atoms with Crippen LogP contribution in [0.3, 0.4) is 0 Å². The van der Waals surface area contributed by atoms with Gasteiger partial charge in [0.05, 0.1) is 31.3 Å². The molecule has 3 aromatic rings. The van der Waals surface area contributed by atoms with Crippen molar-refractivity contribution in [3.8, 4) is 11.6 Å². The summed E-state index contributed by atoms with van der Waals surface area (Å²) in [7, 11) is 0. The molecule has 0 aliphatic heterocycles. The smallest absolute Gasteiger partial charge is 0.326 e. The van der Waals surface area contributed by atoms with Gasteiger partial charge in [0.2, 0.25) is 5.88 Å². The molecule has 0 aliphatic carbocycles. The van der Waals surface area contributed by atoms with Gasteiger partial charge in [-0.2, -0.15) is 0 Å². The van der Waals surface area contributed by atoms with Gasteiger partial charge >= 0.3 is 6.03 Å². The quantitative estimate of drug-likeness (QED) is 0.419. The molecule has 11 heteroatoms. The van der Waals surface area contributed by atoms with Crippen molar-refractivity contribution in [2.24, 2.45) is 5.73 Å². The third kappa shape index (κ3) is 4.74. The van der Waals surface area contributed by atoms with Crippen molar-refractivity contribution in [3.63, 3.8) is 0 Å². The first-order valence-electron chi connectivity index (χ1n) is 8.05.